The number of likely N-dealkylation sites (tertiary alicyclic amines) is 1. The first-order valence-electron chi connectivity index (χ1n) is 23.7. The van der Waals surface area contributed by atoms with E-state index in [0.29, 0.717) is 44.9 Å². The zero-order valence-electron chi connectivity index (χ0n) is 37.8. The first kappa shape index (κ1) is 45.3. The fraction of sp³-hybridized carbons (Fsp3) is 0.328. The van der Waals surface area contributed by atoms with Crippen molar-refractivity contribution < 1.29 is 14.4 Å². The molecule has 2 aliphatic heterocycles. The molecule has 4 aliphatic rings. The van der Waals surface area contributed by atoms with Crippen LogP contribution in [-0.4, -0.2) is 48.8 Å². The lowest BCUT2D eigenvalue weighted by Gasteiger charge is -2.41. The van der Waals surface area contributed by atoms with Crippen LogP contribution in [0.2, 0.25) is 0 Å². The summed E-state index contributed by atoms with van der Waals surface area (Å²) in [5.41, 5.74) is 6.16. The molecule has 0 radical (unpaired) electrons. The van der Waals surface area contributed by atoms with E-state index in [2.05, 4.69) is 77.5 Å². The maximum absolute atomic E-state index is 13.5. The summed E-state index contributed by atoms with van der Waals surface area (Å²) >= 11 is 0. The third-order valence-corrected chi connectivity index (χ3v) is 14.2. The number of nitrogens with one attached hydrogen (secondary N) is 3. The minimum Gasteiger partial charge on any atom is -0.351 e. The Morgan fingerprint density at radius 1 is 0.508 bits per heavy atom. The molecule has 2 saturated heterocycles. The van der Waals surface area contributed by atoms with Crippen LogP contribution in [0.4, 0.5) is 0 Å². The topological polar surface area (TPSA) is 90.5 Å². The number of nitrogens with zero attached hydrogens (tertiary/aromatic N) is 1. The molecule has 4 unspecified atom stereocenters. The third kappa shape index (κ3) is 11.3. The first-order chi connectivity index (χ1) is 31.9. The molecule has 2 saturated carbocycles. The number of carbonyl (C=O) groups excluding carboxylic acids is 3. The summed E-state index contributed by atoms with van der Waals surface area (Å²) in [5, 5.41) is 9.67. The number of piperidine rings is 2. The summed E-state index contributed by atoms with van der Waals surface area (Å²) in [4.78, 5) is 41.7. The monoisotopic (exact) mass is 864 g/mol. The van der Waals surface area contributed by atoms with Crippen molar-refractivity contribution in [2.24, 2.45) is 11.8 Å². The molecule has 0 aromatic heterocycles. The van der Waals surface area contributed by atoms with E-state index in [-0.39, 0.29) is 23.6 Å². The van der Waals surface area contributed by atoms with Gasteiger partial charge in [0.1, 0.15) is 0 Å². The molecule has 2 aliphatic carbocycles. The summed E-state index contributed by atoms with van der Waals surface area (Å²) in [5.74, 6) is 2.68. The van der Waals surface area contributed by atoms with E-state index in [9.17, 15) is 14.4 Å². The van der Waals surface area contributed by atoms with Crippen molar-refractivity contribution in [3.63, 3.8) is 0 Å². The summed E-state index contributed by atoms with van der Waals surface area (Å²) < 4.78 is 0. The molecule has 0 bridgehead atoms. The molecule has 334 valence electrons. The van der Waals surface area contributed by atoms with E-state index < -0.39 is 10.8 Å². The van der Waals surface area contributed by atoms with Crippen LogP contribution in [0.3, 0.4) is 0 Å². The van der Waals surface area contributed by atoms with Gasteiger partial charge in [-0.2, -0.15) is 0 Å². The normalized spacial score (nSPS) is 21.2. The van der Waals surface area contributed by atoms with Gasteiger partial charge in [0.25, 0.3) is 0 Å². The Morgan fingerprint density at radius 2 is 0.877 bits per heavy atom. The molecule has 4 atom stereocenters. The van der Waals surface area contributed by atoms with Gasteiger partial charge in [-0.15, -0.1) is 0 Å². The van der Waals surface area contributed by atoms with Crippen molar-refractivity contribution in [3.05, 3.63) is 215 Å². The lowest BCUT2D eigenvalue weighted by Crippen LogP contribution is -2.53. The van der Waals surface area contributed by atoms with Gasteiger partial charge in [0.2, 0.25) is 17.7 Å². The van der Waals surface area contributed by atoms with E-state index >= 15 is 0 Å². The second-order valence-corrected chi connectivity index (χ2v) is 18.4. The Morgan fingerprint density at radius 3 is 1.29 bits per heavy atom. The van der Waals surface area contributed by atoms with Gasteiger partial charge >= 0.3 is 0 Å². The fourth-order valence-corrected chi connectivity index (χ4v) is 9.92. The average Bonchev–Trinajstić information content (AvgIpc) is 4.34. The smallest absolute Gasteiger partial charge is 0.231 e. The van der Waals surface area contributed by atoms with E-state index in [1.54, 1.807) is 0 Å². The van der Waals surface area contributed by atoms with Crippen LogP contribution in [-0.2, 0) is 38.3 Å². The van der Waals surface area contributed by atoms with Crippen molar-refractivity contribution in [1.29, 1.82) is 0 Å². The number of hydrogen-bond donors (Lipinski definition) is 3. The number of amides is 3. The molecule has 2 heterocycles. The Bertz CT molecular complexity index is 2400. The minimum atomic E-state index is -0.602. The standard InChI is InChI=1S/C29H30N2O2.C19H22N2O.C10H12/c32-27(26-20-25(26)23-12-6-2-7-13-23)31-18-16-29(17-19-31,24-14-8-3-9-15-24)28(33)30-21-22-10-4-1-5-11-22;22-18(21-15-16-7-3-1-4-8-16)19(11-13-20-14-12-19)17-9-5-2-6-10-17;1-8-7-10(8)9-5-3-2-4-6-9/h1-15,25-26H,16-21H2,(H,30,33);1-10,20H,11-15H2,(H,21,22);2-6,8,10H,7H2,1H3. The van der Waals surface area contributed by atoms with Crippen LogP contribution in [0.15, 0.2) is 182 Å². The number of carbonyl (C=O) groups is 3. The van der Waals surface area contributed by atoms with Crippen LogP contribution >= 0.6 is 0 Å². The molecule has 0 spiro atoms. The quantitative estimate of drug-likeness (QED) is 0.121. The van der Waals surface area contributed by atoms with Crippen LogP contribution in [0.5, 0.6) is 0 Å². The SMILES string of the molecule is CC1CC1c1ccccc1.O=C(C1CC1c1ccccc1)N1CCC(C(=O)NCc2ccccc2)(c2ccccc2)CC1.O=C(NCc1ccccc1)C1(c2ccccc2)CCNCC1. The molecule has 4 fully saturated rings. The molecule has 6 aromatic carbocycles. The molecular weight excluding hydrogens is 801 g/mol. The van der Waals surface area contributed by atoms with Gasteiger partial charge in [-0.25, -0.2) is 0 Å². The van der Waals surface area contributed by atoms with Crippen molar-refractivity contribution in [2.45, 2.75) is 81.2 Å². The second-order valence-electron chi connectivity index (χ2n) is 18.4. The molecule has 7 heteroatoms. The largest absolute Gasteiger partial charge is 0.351 e. The number of rotatable bonds is 11. The van der Waals surface area contributed by atoms with E-state index in [4.69, 9.17) is 0 Å². The second kappa shape index (κ2) is 21.6. The van der Waals surface area contributed by atoms with Crippen LogP contribution in [0, 0.1) is 11.8 Å². The maximum atomic E-state index is 13.5. The molecule has 3 N–H and O–H groups in total. The van der Waals surface area contributed by atoms with Crippen LogP contribution in [0.1, 0.15) is 90.7 Å². The third-order valence-electron chi connectivity index (χ3n) is 14.2. The van der Waals surface area contributed by atoms with Gasteiger partial charge in [-0.3, -0.25) is 14.4 Å². The molecule has 10 rings (SSSR count). The lowest BCUT2D eigenvalue weighted by atomic mass is 9.72. The highest BCUT2D eigenvalue weighted by Gasteiger charge is 2.49. The van der Waals surface area contributed by atoms with Gasteiger partial charge < -0.3 is 20.9 Å². The Balaban J connectivity index is 0.000000153. The van der Waals surface area contributed by atoms with E-state index in [1.807, 2.05) is 132 Å². The predicted octanol–water partition coefficient (Wildman–Crippen LogP) is 10.1. The zero-order chi connectivity index (χ0) is 44.9. The highest BCUT2D eigenvalue weighted by Crippen LogP contribution is 2.49. The van der Waals surface area contributed by atoms with Gasteiger partial charge in [0, 0.05) is 32.1 Å². The van der Waals surface area contributed by atoms with Gasteiger partial charge in [0.15, 0.2) is 0 Å². The summed E-state index contributed by atoms with van der Waals surface area (Å²) in [6, 6.07) is 61.4. The predicted molar refractivity (Wildman–Crippen MR) is 261 cm³/mol. The fourth-order valence-electron chi connectivity index (χ4n) is 9.92. The van der Waals surface area contributed by atoms with Crippen molar-refractivity contribution >= 4 is 17.7 Å². The molecule has 65 heavy (non-hydrogen) atoms. The Hall–Kier alpha value is -6.31. The summed E-state index contributed by atoms with van der Waals surface area (Å²) in [6.45, 7) is 6.41. The maximum Gasteiger partial charge on any atom is 0.231 e. The lowest BCUT2D eigenvalue weighted by molar-refractivity contribution is -0.138. The van der Waals surface area contributed by atoms with Gasteiger partial charge in [-0.05, 0) is 103 Å². The van der Waals surface area contributed by atoms with Crippen LogP contribution < -0.4 is 16.0 Å². The Labute approximate surface area is 386 Å². The molecule has 7 nitrogen and oxygen atoms in total. The van der Waals surface area contributed by atoms with Crippen molar-refractivity contribution in [3.8, 4) is 0 Å². The minimum absolute atomic E-state index is 0.0539. The van der Waals surface area contributed by atoms with E-state index in [1.165, 1.54) is 17.5 Å². The van der Waals surface area contributed by atoms with Crippen molar-refractivity contribution in [2.75, 3.05) is 26.2 Å². The van der Waals surface area contributed by atoms with Crippen molar-refractivity contribution in [1.82, 2.24) is 20.9 Å². The number of benzene rings is 6. The summed E-state index contributed by atoms with van der Waals surface area (Å²) in [6.07, 6.45) is 5.30. The molecule has 6 aromatic rings. The first-order valence-corrected chi connectivity index (χ1v) is 23.7. The highest BCUT2D eigenvalue weighted by molar-refractivity contribution is 5.90. The van der Waals surface area contributed by atoms with Crippen LogP contribution in [0.25, 0.3) is 0 Å². The molecular formula is C58H64N4O3. The van der Waals surface area contributed by atoms with Gasteiger partial charge in [-0.1, -0.05) is 189 Å². The Kier molecular flexibility index (Phi) is 15.0. The highest BCUT2D eigenvalue weighted by atomic mass is 16.2. The number of hydrogen-bond acceptors (Lipinski definition) is 4. The molecule has 3 amide bonds. The zero-order valence-corrected chi connectivity index (χ0v) is 37.8. The van der Waals surface area contributed by atoms with E-state index in [0.717, 1.165) is 66.4 Å². The average molecular weight is 865 g/mol. The van der Waals surface area contributed by atoms with Gasteiger partial charge in [0.05, 0.1) is 10.8 Å². The summed E-state index contributed by atoms with van der Waals surface area (Å²) in [7, 11) is 0.